The Morgan fingerprint density at radius 1 is 1.37 bits per heavy atom. The van der Waals surface area contributed by atoms with Crippen LogP contribution in [0.5, 0.6) is 11.5 Å². The van der Waals surface area contributed by atoms with Gasteiger partial charge in [0.05, 0.1) is 6.04 Å². The van der Waals surface area contributed by atoms with Crippen molar-refractivity contribution < 1.29 is 9.84 Å². The topological polar surface area (TPSA) is 35.9 Å². The van der Waals surface area contributed by atoms with E-state index in [9.17, 15) is 5.11 Å². The number of ether oxygens (including phenoxy) is 1. The number of benzene rings is 1. The van der Waals surface area contributed by atoms with Gasteiger partial charge in [-0.25, -0.2) is 0 Å². The predicted molar refractivity (Wildman–Crippen MR) is 74.6 cm³/mol. The van der Waals surface area contributed by atoms with Gasteiger partial charge in [0.15, 0.2) is 0 Å². The first-order chi connectivity index (χ1) is 9.19. The minimum atomic E-state index is 0.281. The lowest BCUT2D eigenvalue weighted by Crippen LogP contribution is -2.52. The average molecular weight is 262 g/mol. The zero-order valence-electron chi connectivity index (χ0n) is 11.7. The molecular weight excluding hydrogens is 240 g/mol. The summed E-state index contributed by atoms with van der Waals surface area (Å²) in [5.41, 5.74) is 1.22. The highest BCUT2D eigenvalue weighted by Crippen LogP contribution is 2.38. The van der Waals surface area contributed by atoms with Gasteiger partial charge in [-0.2, -0.15) is 0 Å². The van der Waals surface area contributed by atoms with Crippen LogP contribution in [0.25, 0.3) is 0 Å². The van der Waals surface area contributed by atoms with E-state index in [2.05, 4.69) is 23.6 Å². The summed E-state index contributed by atoms with van der Waals surface area (Å²) in [4.78, 5) is 5.03. The molecular formula is C15H22N2O2. The summed E-state index contributed by atoms with van der Waals surface area (Å²) < 4.78 is 5.72. The number of hydrogen-bond donors (Lipinski definition) is 1. The van der Waals surface area contributed by atoms with E-state index in [1.54, 1.807) is 12.1 Å². The third-order valence-electron chi connectivity index (χ3n) is 4.40. The molecule has 4 heteroatoms. The third kappa shape index (κ3) is 2.30. The number of aromatic hydroxyl groups is 1. The molecule has 0 radical (unpaired) electrons. The fourth-order valence-corrected chi connectivity index (χ4v) is 3.26. The average Bonchev–Trinajstić information content (AvgIpc) is 2.81. The van der Waals surface area contributed by atoms with Gasteiger partial charge in [0.1, 0.15) is 18.1 Å². The molecule has 0 spiro atoms. The molecule has 0 aromatic heterocycles. The molecule has 1 aromatic rings. The highest BCUT2D eigenvalue weighted by Gasteiger charge is 2.33. The van der Waals surface area contributed by atoms with Crippen LogP contribution in [-0.4, -0.2) is 53.7 Å². The minimum absolute atomic E-state index is 0.281. The Morgan fingerprint density at radius 3 is 2.95 bits per heavy atom. The summed E-state index contributed by atoms with van der Waals surface area (Å²) >= 11 is 0. The minimum Gasteiger partial charge on any atom is -0.508 e. The summed E-state index contributed by atoms with van der Waals surface area (Å²) in [6.07, 6.45) is 0. The molecule has 104 valence electrons. The molecule has 1 N–H and O–H groups in total. The van der Waals surface area contributed by atoms with Crippen LogP contribution in [0.4, 0.5) is 0 Å². The van der Waals surface area contributed by atoms with Crippen LogP contribution in [0.1, 0.15) is 25.5 Å². The fraction of sp³-hybridized carbons (Fsp3) is 0.600. The van der Waals surface area contributed by atoms with Crippen LogP contribution < -0.4 is 4.74 Å². The standard InChI is InChI=1S/C15H22N2O2/c1-3-16-6-7-17(9-11(16)2)14-10-19-15-8-12(18)4-5-13(14)15/h4-5,8,11,14,18H,3,6-7,9-10H2,1-2H3. The molecule has 2 aliphatic rings. The predicted octanol–water partition coefficient (Wildman–Crippen LogP) is 1.85. The molecule has 4 nitrogen and oxygen atoms in total. The zero-order chi connectivity index (χ0) is 13.4. The second-order valence-corrected chi connectivity index (χ2v) is 5.52. The molecule has 0 saturated carbocycles. The summed E-state index contributed by atoms with van der Waals surface area (Å²) in [5, 5.41) is 9.50. The Morgan fingerprint density at radius 2 is 2.21 bits per heavy atom. The molecule has 2 heterocycles. The first kappa shape index (κ1) is 12.8. The van der Waals surface area contributed by atoms with E-state index >= 15 is 0 Å². The highest BCUT2D eigenvalue weighted by atomic mass is 16.5. The number of nitrogens with zero attached hydrogens (tertiary/aromatic N) is 2. The van der Waals surface area contributed by atoms with Crippen molar-refractivity contribution in [2.75, 3.05) is 32.8 Å². The number of hydrogen-bond acceptors (Lipinski definition) is 4. The van der Waals surface area contributed by atoms with Crippen molar-refractivity contribution in [3.63, 3.8) is 0 Å². The van der Waals surface area contributed by atoms with Gasteiger partial charge in [-0.05, 0) is 25.6 Å². The second-order valence-electron chi connectivity index (χ2n) is 5.52. The maximum Gasteiger partial charge on any atom is 0.127 e. The van der Waals surface area contributed by atoms with Crippen LogP contribution in [0.2, 0.25) is 0 Å². The number of rotatable bonds is 2. The molecule has 1 aromatic carbocycles. The van der Waals surface area contributed by atoms with Crippen LogP contribution in [-0.2, 0) is 0 Å². The van der Waals surface area contributed by atoms with E-state index in [0.29, 0.717) is 18.7 Å². The van der Waals surface area contributed by atoms with Gasteiger partial charge in [-0.15, -0.1) is 0 Å². The van der Waals surface area contributed by atoms with Crippen molar-refractivity contribution in [2.24, 2.45) is 0 Å². The third-order valence-corrected chi connectivity index (χ3v) is 4.40. The Labute approximate surface area is 114 Å². The van der Waals surface area contributed by atoms with Crippen molar-refractivity contribution >= 4 is 0 Å². The first-order valence-electron chi connectivity index (χ1n) is 7.13. The van der Waals surface area contributed by atoms with Gasteiger partial charge < -0.3 is 9.84 Å². The van der Waals surface area contributed by atoms with Gasteiger partial charge in [0, 0.05) is 37.3 Å². The van der Waals surface area contributed by atoms with Crippen molar-refractivity contribution in [2.45, 2.75) is 25.9 Å². The van der Waals surface area contributed by atoms with Crippen LogP contribution in [0.15, 0.2) is 18.2 Å². The molecule has 1 saturated heterocycles. The second kappa shape index (κ2) is 5.02. The van der Waals surface area contributed by atoms with Gasteiger partial charge in [0.2, 0.25) is 0 Å². The van der Waals surface area contributed by atoms with Crippen molar-refractivity contribution in [1.29, 1.82) is 0 Å². The maximum absolute atomic E-state index is 9.50. The Balaban J connectivity index is 1.76. The Kier molecular flexibility index (Phi) is 3.37. The van der Waals surface area contributed by atoms with Gasteiger partial charge in [-0.3, -0.25) is 9.80 Å². The normalized spacial score (nSPS) is 28.1. The molecule has 1 fully saturated rings. The number of piperazine rings is 1. The largest absolute Gasteiger partial charge is 0.508 e. The van der Waals surface area contributed by atoms with Crippen molar-refractivity contribution in [1.82, 2.24) is 9.80 Å². The zero-order valence-corrected chi connectivity index (χ0v) is 11.7. The van der Waals surface area contributed by atoms with Gasteiger partial charge >= 0.3 is 0 Å². The van der Waals surface area contributed by atoms with Crippen molar-refractivity contribution in [3.8, 4) is 11.5 Å². The molecule has 0 amide bonds. The summed E-state index contributed by atoms with van der Waals surface area (Å²) in [6, 6.07) is 6.42. The maximum atomic E-state index is 9.50. The van der Waals surface area contributed by atoms with E-state index in [4.69, 9.17) is 4.74 Å². The SMILES string of the molecule is CCN1CCN(C2COc3cc(O)ccc32)CC1C. The highest BCUT2D eigenvalue weighted by molar-refractivity contribution is 5.44. The smallest absolute Gasteiger partial charge is 0.127 e. The quantitative estimate of drug-likeness (QED) is 0.882. The molecule has 2 aliphatic heterocycles. The van der Waals surface area contributed by atoms with E-state index < -0.39 is 0 Å². The number of phenols is 1. The van der Waals surface area contributed by atoms with Gasteiger partial charge in [0.25, 0.3) is 0 Å². The summed E-state index contributed by atoms with van der Waals surface area (Å²) in [6.45, 7) is 9.65. The Bertz CT molecular complexity index is 463. The lowest BCUT2D eigenvalue weighted by Gasteiger charge is -2.41. The molecule has 0 aliphatic carbocycles. The molecule has 2 unspecified atom stereocenters. The van der Waals surface area contributed by atoms with Crippen LogP contribution in [0, 0.1) is 0 Å². The lowest BCUT2D eigenvalue weighted by molar-refractivity contribution is 0.0512. The molecule has 0 bridgehead atoms. The lowest BCUT2D eigenvalue weighted by atomic mass is 10.0. The summed E-state index contributed by atoms with van der Waals surface area (Å²) in [5.74, 6) is 1.12. The molecule has 3 rings (SSSR count). The monoisotopic (exact) mass is 262 g/mol. The van der Waals surface area contributed by atoms with Crippen LogP contribution in [0.3, 0.4) is 0 Å². The fourth-order valence-electron chi connectivity index (χ4n) is 3.26. The molecule has 19 heavy (non-hydrogen) atoms. The first-order valence-corrected chi connectivity index (χ1v) is 7.13. The van der Waals surface area contributed by atoms with Gasteiger partial charge in [-0.1, -0.05) is 6.92 Å². The number of phenolic OH excluding ortho intramolecular Hbond substituents is 1. The van der Waals surface area contributed by atoms with Crippen LogP contribution >= 0.6 is 0 Å². The van der Waals surface area contributed by atoms with E-state index in [-0.39, 0.29) is 5.75 Å². The van der Waals surface area contributed by atoms with E-state index in [1.807, 2.05) is 6.07 Å². The van der Waals surface area contributed by atoms with Crippen molar-refractivity contribution in [3.05, 3.63) is 23.8 Å². The summed E-state index contributed by atoms with van der Waals surface area (Å²) in [7, 11) is 0. The van der Waals surface area contributed by atoms with E-state index in [0.717, 1.165) is 31.9 Å². The number of likely N-dealkylation sites (N-methyl/N-ethyl adjacent to an activating group) is 1. The molecule has 2 atom stereocenters. The Hall–Kier alpha value is -1.26. The number of fused-ring (bicyclic) bond motifs is 1. The van der Waals surface area contributed by atoms with E-state index in [1.165, 1.54) is 5.56 Å².